The summed E-state index contributed by atoms with van der Waals surface area (Å²) in [7, 11) is 1.27. The van der Waals surface area contributed by atoms with Gasteiger partial charge in [0.1, 0.15) is 13.6 Å². The first-order chi connectivity index (χ1) is 12.5. The minimum Gasteiger partial charge on any atom is -0.536 e. The van der Waals surface area contributed by atoms with Crippen LogP contribution in [0, 0.1) is 0 Å². The van der Waals surface area contributed by atoms with Gasteiger partial charge in [0, 0.05) is 17.8 Å². The van der Waals surface area contributed by atoms with Gasteiger partial charge in [-0.05, 0) is 48.9 Å². The van der Waals surface area contributed by atoms with E-state index in [9.17, 15) is 5.02 Å². The highest BCUT2D eigenvalue weighted by atomic mass is 16.5. The monoisotopic (exact) mass is 352 g/mol. The van der Waals surface area contributed by atoms with E-state index in [1.165, 1.54) is 12.8 Å². The Kier molecular flexibility index (Phi) is 8.07. The van der Waals surface area contributed by atoms with Gasteiger partial charge in [0.2, 0.25) is 0 Å². The van der Waals surface area contributed by atoms with Crippen molar-refractivity contribution in [1.82, 2.24) is 5.32 Å². The van der Waals surface area contributed by atoms with E-state index < -0.39 is 7.12 Å². The summed E-state index contributed by atoms with van der Waals surface area (Å²) < 4.78 is 5.67. The van der Waals surface area contributed by atoms with Crippen LogP contribution in [0.3, 0.4) is 0 Å². The number of fused-ring (bicyclic) bond motifs is 1. The maximum absolute atomic E-state index is 9.70. The predicted molar refractivity (Wildman–Crippen MR) is 114 cm³/mol. The maximum atomic E-state index is 9.70. The van der Waals surface area contributed by atoms with E-state index in [1.54, 1.807) is 6.82 Å². The van der Waals surface area contributed by atoms with Crippen LogP contribution in [0.5, 0.6) is 5.75 Å². The van der Waals surface area contributed by atoms with Gasteiger partial charge in [-0.3, -0.25) is 0 Å². The molecule has 2 aromatic carbocycles. The Balaban J connectivity index is 2.14. The highest BCUT2D eigenvalue weighted by Crippen LogP contribution is 2.35. The fraction of sp³-hybridized carbons (Fsp3) is 0.400. The van der Waals surface area contributed by atoms with E-state index in [4.69, 9.17) is 10.4 Å². The van der Waals surface area contributed by atoms with Gasteiger partial charge in [-0.15, -0.1) is 0 Å². The van der Waals surface area contributed by atoms with Crippen LogP contribution in [0.2, 0.25) is 6.82 Å². The lowest BCUT2D eigenvalue weighted by Crippen LogP contribution is -2.22. The molecule has 1 unspecified atom stereocenters. The molecule has 4 N–H and O–H groups in total. The molecular formula is C20H30B2N2O2. The molecular weight excluding hydrogens is 322 g/mol. The summed E-state index contributed by atoms with van der Waals surface area (Å²) in [6.45, 7) is 7.54. The molecule has 138 valence electrons. The number of allylic oxidation sites excluding steroid dienone is 1. The van der Waals surface area contributed by atoms with Crippen molar-refractivity contribution in [2.75, 3.05) is 13.1 Å². The molecule has 1 atom stereocenters. The number of unbranched alkanes of at least 4 members (excludes halogenated alkanes) is 3. The van der Waals surface area contributed by atoms with Crippen LogP contribution >= 0.6 is 0 Å². The van der Waals surface area contributed by atoms with Crippen molar-refractivity contribution in [2.45, 2.75) is 38.3 Å². The third-order valence-electron chi connectivity index (χ3n) is 4.67. The Morgan fingerprint density at radius 2 is 1.96 bits per heavy atom. The largest absolute Gasteiger partial charge is 0.536 e. The molecule has 0 aromatic heterocycles. The zero-order valence-electron chi connectivity index (χ0n) is 16.0. The van der Waals surface area contributed by atoms with Gasteiger partial charge < -0.3 is 20.7 Å². The molecule has 0 fully saturated rings. The van der Waals surface area contributed by atoms with Crippen LogP contribution < -0.4 is 15.7 Å². The van der Waals surface area contributed by atoms with Crippen molar-refractivity contribution in [3.8, 4) is 5.75 Å². The maximum Gasteiger partial charge on any atom is 0.519 e. The number of hydrogen-bond acceptors (Lipinski definition) is 4. The average Bonchev–Trinajstić information content (AvgIpc) is 2.63. The van der Waals surface area contributed by atoms with Crippen LogP contribution in [0.1, 0.15) is 37.1 Å². The summed E-state index contributed by atoms with van der Waals surface area (Å²) in [5, 5.41) is 15.4. The van der Waals surface area contributed by atoms with E-state index in [2.05, 4.69) is 31.9 Å². The molecule has 0 aliphatic heterocycles. The number of nitrogens with one attached hydrogen (secondary N) is 1. The predicted octanol–water partition coefficient (Wildman–Crippen LogP) is 2.63. The molecule has 0 spiro atoms. The summed E-state index contributed by atoms with van der Waals surface area (Å²) in [4.78, 5) is 0. The van der Waals surface area contributed by atoms with Gasteiger partial charge in [-0.1, -0.05) is 49.8 Å². The number of hydrogen-bond donors (Lipinski definition) is 3. The standard InChI is InChI=1S/C20H30B2N2O2/c1-15(24-14-8-4-3-7-13-23)20(21)19-17-10-6-5-9-16(17)11-12-18(19)26-22(2)25/h5-6,9-12,20,24-25H,1,3-4,7-8,13-14,21,23H2,2H3. The molecule has 4 nitrogen and oxygen atoms in total. The Bertz CT molecular complexity index is 722. The highest BCUT2D eigenvalue weighted by molar-refractivity contribution is 6.41. The smallest absolute Gasteiger partial charge is 0.519 e. The van der Waals surface area contributed by atoms with Crippen LogP contribution in [0.4, 0.5) is 0 Å². The lowest BCUT2D eigenvalue weighted by atomic mass is 9.76. The molecule has 0 saturated carbocycles. The lowest BCUT2D eigenvalue weighted by Gasteiger charge is -2.23. The minimum absolute atomic E-state index is 0.0684. The Morgan fingerprint density at radius 3 is 2.69 bits per heavy atom. The summed E-state index contributed by atoms with van der Waals surface area (Å²) >= 11 is 0. The molecule has 26 heavy (non-hydrogen) atoms. The summed E-state index contributed by atoms with van der Waals surface area (Å²) in [5.41, 5.74) is 7.56. The molecule has 6 heteroatoms. The van der Waals surface area contributed by atoms with E-state index in [0.29, 0.717) is 5.75 Å². The first kappa shape index (κ1) is 20.4. The molecule has 2 rings (SSSR count). The van der Waals surface area contributed by atoms with Gasteiger partial charge in [0.15, 0.2) is 0 Å². The van der Waals surface area contributed by atoms with E-state index in [0.717, 1.165) is 48.0 Å². The minimum atomic E-state index is -0.856. The van der Waals surface area contributed by atoms with Crippen molar-refractivity contribution < 1.29 is 9.68 Å². The van der Waals surface area contributed by atoms with Gasteiger partial charge in [-0.25, -0.2) is 0 Å². The van der Waals surface area contributed by atoms with Crippen molar-refractivity contribution in [3.63, 3.8) is 0 Å². The Morgan fingerprint density at radius 1 is 1.23 bits per heavy atom. The van der Waals surface area contributed by atoms with Crippen LogP contribution in [-0.4, -0.2) is 33.1 Å². The van der Waals surface area contributed by atoms with Gasteiger partial charge >= 0.3 is 7.12 Å². The molecule has 0 heterocycles. The van der Waals surface area contributed by atoms with Gasteiger partial charge in [0.25, 0.3) is 0 Å². The molecule has 0 aliphatic rings. The Hall–Kier alpha value is -1.91. The van der Waals surface area contributed by atoms with E-state index in [1.807, 2.05) is 24.3 Å². The molecule has 2 aromatic rings. The molecule has 0 aliphatic carbocycles. The fourth-order valence-corrected chi connectivity index (χ4v) is 3.21. The van der Waals surface area contributed by atoms with E-state index in [-0.39, 0.29) is 5.82 Å². The average molecular weight is 352 g/mol. The summed E-state index contributed by atoms with van der Waals surface area (Å²) in [5.74, 6) is 0.774. The third kappa shape index (κ3) is 5.55. The van der Waals surface area contributed by atoms with Crippen LogP contribution in [0.15, 0.2) is 48.7 Å². The van der Waals surface area contributed by atoms with Crippen molar-refractivity contribution in [1.29, 1.82) is 0 Å². The SMILES string of the molecule is BC(C(=C)NCCCCCCN)c1c(OB(C)O)ccc2ccccc12. The van der Waals surface area contributed by atoms with Crippen LogP contribution in [0.25, 0.3) is 10.8 Å². The zero-order chi connectivity index (χ0) is 18.9. The fourth-order valence-electron chi connectivity index (χ4n) is 3.21. The molecule has 0 bridgehead atoms. The number of rotatable bonds is 11. The molecule has 0 amide bonds. The molecule has 0 saturated heterocycles. The number of benzene rings is 2. The topological polar surface area (TPSA) is 67.5 Å². The molecule has 0 radical (unpaired) electrons. The second-order valence-electron chi connectivity index (χ2n) is 6.79. The van der Waals surface area contributed by atoms with Crippen molar-refractivity contribution in [3.05, 3.63) is 54.2 Å². The van der Waals surface area contributed by atoms with E-state index >= 15 is 0 Å². The second kappa shape index (κ2) is 10.3. The van der Waals surface area contributed by atoms with Gasteiger partial charge in [-0.2, -0.15) is 0 Å². The first-order valence-corrected chi connectivity index (χ1v) is 9.53. The normalized spacial score (nSPS) is 12.0. The quantitative estimate of drug-likeness (QED) is 0.430. The summed E-state index contributed by atoms with van der Waals surface area (Å²) in [6.07, 6.45) is 4.55. The Labute approximate surface area is 158 Å². The van der Waals surface area contributed by atoms with Crippen LogP contribution in [-0.2, 0) is 0 Å². The lowest BCUT2D eigenvalue weighted by molar-refractivity contribution is 0.422. The van der Waals surface area contributed by atoms with Crippen molar-refractivity contribution in [2.24, 2.45) is 5.73 Å². The number of nitrogens with two attached hydrogens (primary N) is 1. The zero-order valence-corrected chi connectivity index (χ0v) is 16.0. The third-order valence-corrected chi connectivity index (χ3v) is 4.67. The first-order valence-electron chi connectivity index (χ1n) is 9.53. The van der Waals surface area contributed by atoms with Gasteiger partial charge in [0.05, 0.1) is 0 Å². The highest BCUT2D eigenvalue weighted by Gasteiger charge is 2.20. The summed E-state index contributed by atoms with van der Waals surface area (Å²) in [6, 6.07) is 12.2. The van der Waals surface area contributed by atoms with Crippen molar-refractivity contribution >= 4 is 25.7 Å². The second-order valence-corrected chi connectivity index (χ2v) is 6.79.